The highest BCUT2D eigenvalue weighted by atomic mass is 16.5. The largest absolute Gasteiger partial charge is 0.497 e. The van der Waals surface area contributed by atoms with Gasteiger partial charge in [0, 0.05) is 13.6 Å². The molecule has 1 unspecified atom stereocenters. The molecule has 1 aromatic rings. The lowest BCUT2D eigenvalue weighted by molar-refractivity contribution is -0.136. The molecule has 17 heavy (non-hydrogen) atoms. The Morgan fingerprint density at radius 1 is 1.29 bits per heavy atom. The van der Waals surface area contributed by atoms with Gasteiger partial charge in [-0.05, 0) is 38.1 Å². The van der Waals surface area contributed by atoms with Gasteiger partial charge in [-0.1, -0.05) is 0 Å². The number of carbonyl (C=O) groups is 1. The molecule has 0 aromatic heterocycles. The molecule has 0 heterocycles. The second-order valence-corrected chi connectivity index (χ2v) is 3.79. The van der Waals surface area contributed by atoms with E-state index in [-0.39, 0.29) is 5.91 Å². The zero-order valence-corrected chi connectivity index (χ0v) is 10.8. The molecule has 0 saturated heterocycles. The Bertz CT molecular complexity index is 361. The molecule has 0 saturated carbocycles. The van der Waals surface area contributed by atoms with Crippen molar-refractivity contribution in [3.63, 3.8) is 0 Å². The summed E-state index contributed by atoms with van der Waals surface area (Å²) in [6, 6.07) is 7.18. The number of hydrogen-bond acceptors (Lipinski definition) is 3. The Kier molecular flexibility index (Phi) is 4.82. The van der Waals surface area contributed by atoms with E-state index in [1.807, 2.05) is 6.92 Å². The monoisotopic (exact) mass is 237 g/mol. The van der Waals surface area contributed by atoms with Gasteiger partial charge in [-0.2, -0.15) is 0 Å². The molecular weight excluding hydrogens is 218 g/mol. The Hall–Kier alpha value is -1.71. The van der Waals surface area contributed by atoms with Crippen LogP contribution in [0.3, 0.4) is 0 Å². The molecule has 4 nitrogen and oxygen atoms in total. The molecule has 1 aromatic carbocycles. The van der Waals surface area contributed by atoms with Crippen molar-refractivity contribution in [2.75, 3.05) is 20.7 Å². The van der Waals surface area contributed by atoms with Crippen LogP contribution in [-0.2, 0) is 4.79 Å². The summed E-state index contributed by atoms with van der Waals surface area (Å²) in [6.07, 6.45) is -0.478. The summed E-state index contributed by atoms with van der Waals surface area (Å²) < 4.78 is 10.6. The molecular formula is C13H19NO3. The van der Waals surface area contributed by atoms with Gasteiger partial charge in [-0.3, -0.25) is 4.79 Å². The second-order valence-electron chi connectivity index (χ2n) is 3.79. The van der Waals surface area contributed by atoms with Gasteiger partial charge >= 0.3 is 0 Å². The lowest BCUT2D eigenvalue weighted by Crippen LogP contribution is -2.37. The van der Waals surface area contributed by atoms with Crippen molar-refractivity contribution in [3.05, 3.63) is 24.3 Å². The lowest BCUT2D eigenvalue weighted by Gasteiger charge is -2.20. The first-order valence-corrected chi connectivity index (χ1v) is 5.64. The fourth-order valence-corrected chi connectivity index (χ4v) is 1.38. The fraction of sp³-hybridized carbons (Fsp3) is 0.462. The molecule has 1 rings (SSSR count). The van der Waals surface area contributed by atoms with Crippen molar-refractivity contribution < 1.29 is 14.3 Å². The Morgan fingerprint density at radius 2 is 1.82 bits per heavy atom. The standard InChI is InChI=1S/C13H19NO3/c1-5-14(3)13(15)10(2)17-12-8-6-11(16-4)7-9-12/h6-10H,5H2,1-4H3. The van der Waals surface area contributed by atoms with E-state index in [1.165, 1.54) is 0 Å². The average molecular weight is 237 g/mol. The summed E-state index contributed by atoms with van der Waals surface area (Å²) in [4.78, 5) is 13.4. The summed E-state index contributed by atoms with van der Waals surface area (Å²) in [6.45, 7) is 4.35. The number of benzene rings is 1. The molecule has 94 valence electrons. The molecule has 1 atom stereocenters. The quantitative estimate of drug-likeness (QED) is 0.785. The van der Waals surface area contributed by atoms with Gasteiger partial charge in [0.15, 0.2) is 6.10 Å². The number of rotatable bonds is 5. The zero-order valence-electron chi connectivity index (χ0n) is 10.8. The summed E-state index contributed by atoms with van der Waals surface area (Å²) in [5.41, 5.74) is 0. The second kappa shape index (κ2) is 6.13. The van der Waals surface area contributed by atoms with Crippen LogP contribution in [0.4, 0.5) is 0 Å². The van der Waals surface area contributed by atoms with Gasteiger partial charge in [0.05, 0.1) is 7.11 Å². The number of hydrogen-bond donors (Lipinski definition) is 0. The van der Waals surface area contributed by atoms with Crippen LogP contribution in [0.15, 0.2) is 24.3 Å². The molecule has 0 bridgehead atoms. The van der Waals surface area contributed by atoms with Crippen LogP contribution in [0.2, 0.25) is 0 Å². The van der Waals surface area contributed by atoms with E-state index in [9.17, 15) is 4.79 Å². The SMILES string of the molecule is CCN(C)C(=O)C(C)Oc1ccc(OC)cc1. The third-order valence-corrected chi connectivity index (χ3v) is 2.57. The molecule has 0 aliphatic heterocycles. The summed E-state index contributed by atoms with van der Waals surface area (Å²) in [5, 5.41) is 0. The molecule has 4 heteroatoms. The van der Waals surface area contributed by atoms with Crippen LogP contribution in [0.5, 0.6) is 11.5 Å². The molecule has 0 aliphatic carbocycles. The van der Waals surface area contributed by atoms with Gasteiger partial charge in [0.1, 0.15) is 11.5 Å². The predicted molar refractivity (Wildman–Crippen MR) is 66.4 cm³/mol. The Balaban J connectivity index is 2.61. The minimum atomic E-state index is -0.478. The highest BCUT2D eigenvalue weighted by Crippen LogP contribution is 2.18. The maximum Gasteiger partial charge on any atom is 0.263 e. The fourth-order valence-electron chi connectivity index (χ4n) is 1.38. The number of likely N-dealkylation sites (N-methyl/N-ethyl adjacent to an activating group) is 1. The van der Waals surface area contributed by atoms with Gasteiger partial charge in [0.2, 0.25) is 0 Å². The first-order valence-electron chi connectivity index (χ1n) is 5.64. The summed E-state index contributed by atoms with van der Waals surface area (Å²) in [7, 11) is 3.37. The zero-order chi connectivity index (χ0) is 12.8. The minimum Gasteiger partial charge on any atom is -0.497 e. The van der Waals surface area contributed by atoms with E-state index in [1.54, 1.807) is 50.2 Å². The highest BCUT2D eigenvalue weighted by molar-refractivity contribution is 5.80. The van der Waals surface area contributed by atoms with Gasteiger partial charge in [0.25, 0.3) is 5.91 Å². The van der Waals surface area contributed by atoms with Crippen molar-refractivity contribution in [2.45, 2.75) is 20.0 Å². The van der Waals surface area contributed by atoms with E-state index < -0.39 is 6.10 Å². The molecule has 0 fully saturated rings. The number of amides is 1. The van der Waals surface area contributed by atoms with Crippen LogP contribution >= 0.6 is 0 Å². The van der Waals surface area contributed by atoms with E-state index >= 15 is 0 Å². The van der Waals surface area contributed by atoms with Crippen LogP contribution in [0.1, 0.15) is 13.8 Å². The molecule has 1 amide bonds. The van der Waals surface area contributed by atoms with Crippen molar-refractivity contribution >= 4 is 5.91 Å². The van der Waals surface area contributed by atoms with Crippen LogP contribution in [0.25, 0.3) is 0 Å². The number of ether oxygens (including phenoxy) is 2. The van der Waals surface area contributed by atoms with E-state index in [0.717, 1.165) is 5.75 Å². The predicted octanol–water partition coefficient (Wildman–Crippen LogP) is 1.94. The lowest BCUT2D eigenvalue weighted by atomic mass is 10.3. The van der Waals surface area contributed by atoms with Crippen molar-refractivity contribution in [3.8, 4) is 11.5 Å². The van der Waals surface area contributed by atoms with Crippen LogP contribution in [-0.4, -0.2) is 37.6 Å². The van der Waals surface area contributed by atoms with Gasteiger partial charge in [-0.15, -0.1) is 0 Å². The van der Waals surface area contributed by atoms with E-state index in [0.29, 0.717) is 12.3 Å². The first kappa shape index (κ1) is 13.4. The minimum absolute atomic E-state index is 0.0247. The molecule has 0 aliphatic rings. The number of nitrogens with zero attached hydrogens (tertiary/aromatic N) is 1. The van der Waals surface area contributed by atoms with Crippen molar-refractivity contribution in [2.24, 2.45) is 0 Å². The highest BCUT2D eigenvalue weighted by Gasteiger charge is 2.17. The Labute approximate surface area is 102 Å². The van der Waals surface area contributed by atoms with Gasteiger partial charge < -0.3 is 14.4 Å². The average Bonchev–Trinajstić information content (AvgIpc) is 2.37. The number of methoxy groups -OCH3 is 1. The third kappa shape index (κ3) is 3.66. The maximum atomic E-state index is 11.8. The van der Waals surface area contributed by atoms with E-state index in [2.05, 4.69) is 0 Å². The van der Waals surface area contributed by atoms with E-state index in [4.69, 9.17) is 9.47 Å². The smallest absolute Gasteiger partial charge is 0.263 e. The first-order chi connectivity index (χ1) is 8.08. The normalized spacial score (nSPS) is 11.8. The maximum absolute atomic E-state index is 11.8. The molecule has 0 spiro atoms. The summed E-state index contributed by atoms with van der Waals surface area (Å²) >= 11 is 0. The van der Waals surface area contributed by atoms with Crippen molar-refractivity contribution in [1.29, 1.82) is 0 Å². The van der Waals surface area contributed by atoms with Gasteiger partial charge in [-0.25, -0.2) is 0 Å². The summed E-state index contributed by atoms with van der Waals surface area (Å²) in [5.74, 6) is 1.40. The molecule has 0 N–H and O–H groups in total. The topological polar surface area (TPSA) is 38.8 Å². The van der Waals surface area contributed by atoms with Crippen molar-refractivity contribution in [1.82, 2.24) is 4.90 Å². The molecule has 0 radical (unpaired) electrons. The Morgan fingerprint density at radius 3 is 2.29 bits per heavy atom. The third-order valence-electron chi connectivity index (χ3n) is 2.57. The van der Waals surface area contributed by atoms with Crippen LogP contribution in [0, 0.1) is 0 Å². The number of carbonyl (C=O) groups excluding carboxylic acids is 1. The van der Waals surface area contributed by atoms with Crippen LogP contribution < -0.4 is 9.47 Å².